The summed E-state index contributed by atoms with van der Waals surface area (Å²) in [4.78, 5) is 38.9. The first-order valence-electron chi connectivity index (χ1n) is 10.1. The summed E-state index contributed by atoms with van der Waals surface area (Å²) < 4.78 is 0. The van der Waals surface area contributed by atoms with Crippen molar-refractivity contribution in [1.82, 2.24) is 25.5 Å². The number of nitrogens with one attached hydrogen (secondary N) is 2. The SMILES string of the molecule is CN[C@@H](C)C(=O)NC(C(=O)N1CCC2C1CCN2c1ncccn1)C(C)(C)C. The second-order valence-corrected chi connectivity index (χ2v) is 8.80. The van der Waals surface area contributed by atoms with Crippen LogP contribution in [0.25, 0.3) is 0 Å². The zero-order valence-corrected chi connectivity index (χ0v) is 17.5. The van der Waals surface area contributed by atoms with E-state index in [2.05, 4.69) is 25.5 Å². The fraction of sp³-hybridized carbons (Fsp3) is 0.700. The average molecular weight is 389 g/mol. The summed E-state index contributed by atoms with van der Waals surface area (Å²) in [5.74, 6) is 0.581. The monoisotopic (exact) mass is 388 g/mol. The molecule has 0 bridgehead atoms. The van der Waals surface area contributed by atoms with Gasteiger partial charge in [-0.25, -0.2) is 9.97 Å². The second-order valence-electron chi connectivity index (χ2n) is 8.80. The lowest BCUT2D eigenvalue weighted by molar-refractivity contribution is -0.140. The fourth-order valence-electron chi connectivity index (χ4n) is 4.16. The molecule has 2 amide bonds. The first kappa shape index (κ1) is 20.5. The third-order valence-corrected chi connectivity index (χ3v) is 5.89. The number of carbonyl (C=O) groups is 2. The van der Waals surface area contributed by atoms with Gasteiger partial charge in [0.2, 0.25) is 17.8 Å². The standard InChI is InChI=1S/C20H32N6O2/c1-13(21-5)17(27)24-16(20(2,3)4)18(28)25-11-7-15-14(25)8-12-26(15)19-22-9-6-10-23-19/h6,9-10,13-16,21H,7-8,11-12H2,1-5H3,(H,24,27)/t13-,14?,15?,16?/m0/s1. The van der Waals surface area contributed by atoms with Crippen LogP contribution in [0.2, 0.25) is 0 Å². The molecule has 3 unspecified atom stereocenters. The van der Waals surface area contributed by atoms with Crippen molar-refractivity contribution >= 4 is 17.8 Å². The molecule has 3 heterocycles. The summed E-state index contributed by atoms with van der Waals surface area (Å²) >= 11 is 0. The van der Waals surface area contributed by atoms with E-state index in [0.717, 1.165) is 25.3 Å². The molecule has 2 aliphatic rings. The Hall–Kier alpha value is -2.22. The van der Waals surface area contributed by atoms with Gasteiger partial charge in [0.1, 0.15) is 6.04 Å². The molecular weight excluding hydrogens is 356 g/mol. The summed E-state index contributed by atoms with van der Waals surface area (Å²) in [6, 6.07) is 1.28. The first-order valence-corrected chi connectivity index (χ1v) is 10.1. The van der Waals surface area contributed by atoms with E-state index in [1.54, 1.807) is 26.4 Å². The van der Waals surface area contributed by atoms with Crippen LogP contribution in [0, 0.1) is 5.41 Å². The van der Waals surface area contributed by atoms with Crippen LogP contribution in [-0.4, -0.2) is 71.0 Å². The molecule has 0 aromatic carbocycles. The quantitative estimate of drug-likeness (QED) is 0.775. The molecule has 2 N–H and O–H groups in total. The minimum Gasteiger partial charge on any atom is -0.342 e. The van der Waals surface area contributed by atoms with Crippen LogP contribution in [0.15, 0.2) is 18.5 Å². The van der Waals surface area contributed by atoms with Crippen LogP contribution < -0.4 is 15.5 Å². The minimum atomic E-state index is -0.559. The molecule has 1 aromatic rings. The van der Waals surface area contributed by atoms with Crippen molar-refractivity contribution in [3.05, 3.63) is 18.5 Å². The van der Waals surface area contributed by atoms with E-state index < -0.39 is 6.04 Å². The fourth-order valence-corrected chi connectivity index (χ4v) is 4.16. The van der Waals surface area contributed by atoms with E-state index in [-0.39, 0.29) is 35.4 Å². The summed E-state index contributed by atoms with van der Waals surface area (Å²) in [7, 11) is 1.74. The summed E-state index contributed by atoms with van der Waals surface area (Å²) in [5, 5.41) is 5.91. The molecule has 0 saturated carbocycles. The van der Waals surface area contributed by atoms with Gasteiger partial charge in [-0.3, -0.25) is 9.59 Å². The van der Waals surface area contributed by atoms with Crippen LogP contribution in [-0.2, 0) is 9.59 Å². The summed E-state index contributed by atoms with van der Waals surface area (Å²) in [5.41, 5.74) is -0.376. The number of hydrogen-bond acceptors (Lipinski definition) is 6. The highest BCUT2D eigenvalue weighted by Crippen LogP contribution is 2.35. The number of carbonyl (C=O) groups excluding carboxylic acids is 2. The van der Waals surface area contributed by atoms with Crippen LogP contribution in [0.5, 0.6) is 0 Å². The van der Waals surface area contributed by atoms with Gasteiger partial charge in [0.05, 0.1) is 18.1 Å². The normalized spacial score (nSPS) is 24.0. The number of amides is 2. The summed E-state index contributed by atoms with van der Waals surface area (Å²) in [6.07, 6.45) is 5.29. The Labute approximate surface area is 167 Å². The minimum absolute atomic E-state index is 0.00693. The van der Waals surface area contributed by atoms with Gasteiger partial charge in [-0.2, -0.15) is 0 Å². The highest BCUT2D eigenvalue weighted by atomic mass is 16.2. The van der Waals surface area contributed by atoms with Gasteiger partial charge < -0.3 is 20.4 Å². The number of hydrogen-bond donors (Lipinski definition) is 2. The molecule has 28 heavy (non-hydrogen) atoms. The van der Waals surface area contributed by atoms with Crippen molar-refractivity contribution in [1.29, 1.82) is 0 Å². The summed E-state index contributed by atoms with van der Waals surface area (Å²) in [6.45, 7) is 9.30. The average Bonchev–Trinajstić information content (AvgIpc) is 3.26. The van der Waals surface area contributed by atoms with E-state index in [1.807, 2.05) is 31.7 Å². The lowest BCUT2D eigenvalue weighted by atomic mass is 9.85. The molecule has 0 radical (unpaired) electrons. The Bertz CT molecular complexity index is 704. The molecule has 8 nitrogen and oxygen atoms in total. The van der Waals surface area contributed by atoms with E-state index in [4.69, 9.17) is 0 Å². The molecule has 2 fully saturated rings. The molecule has 3 rings (SSSR count). The van der Waals surface area contributed by atoms with Gasteiger partial charge in [-0.15, -0.1) is 0 Å². The zero-order valence-electron chi connectivity index (χ0n) is 17.5. The zero-order chi connectivity index (χ0) is 20.5. The Morgan fingerprint density at radius 3 is 2.39 bits per heavy atom. The highest BCUT2D eigenvalue weighted by molar-refractivity contribution is 5.90. The third kappa shape index (κ3) is 3.97. The molecule has 4 atom stereocenters. The first-order chi connectivity index (χ1) is 13.2. The molecule has 0 aliphatic carbocycles. The molecule has 0 spiro atoms. The maximum absolute atomic E-state index is 13.5. The number of likely N-dealkylation sites (N-methyl/N-ethyl adjacent to an activating group) is 1. The smallest absolute Gasteiger partial charge is 0.246 e. The number of rotatable bonds is 5. The van der Waals surface area contributed by atoms with Gasteiger partial charge >= 0.3 is 0 Å². The predicted octanol–water partition coefficient (Wildman–Crippen LogP) is 0.795. The Morgan fingerprint density at radius 1 is 1.14 bits per heavy atom. The Morgan fingerprint density at radius 2 is 1.79 bits per heavy atom. The number of fused-ring (bicyclic) bond motifs is 1. The number of likely N-dealkylation sites (tertiary alicyclic amines) is 1. The van der Waals surface area contributed by atoms with E-state index in [9.17, 15) is 9.59 Å². The van der Waals surface area contributed by atoms with E-state index in [0.29, 0.717) is 6.54 Å². The number of anilines is 1. The van der Waals surface area contributed by atoms with Crippen molar-refractivity contribution < 1.29 is 9.59 Å². The maximum atomic E-state index is 13.5. The van der Waals surface area contributed by atoms with Crippen LogP contribution in [0.1, 0.15) is 40.5 Å². The van der Waals surface area contributed by atoms with Gasteiger partial charge in [-0.1, -0.05) is 20.8 Å². The highest BCUT2D eigenvalue weighted by Gasteiger charge is 2.48. The topological polar surface area (TPSA) is 90.5 Å². The molecule has 154 valence electrons. The molecule has 1 aromatic heterocycles. The lowest BCUT2D eigenvalue weighted by Gasteiger charge is -2.36. The van der Waals surface area contributed by atoms with Crippen LogP contribution in [0.4, 0.5) is 5.95 Å². The molecular formula is C20H32N6O2. The van der Waals surface area contributed by atoms with Crippen molar-refractivity contribution in [3.8, 4) is 0 Å². The third-order valence-electron chi connectivity index (χ3n) is 5.89. The molecule has 2 aliphatic heterocycles. The number of nitrogens with zero attached hydrogens (tertiary/aromatic N) is 4. The lowest BCUT2D eigenvalue weighted by Crippen LogP contribution is -2.58. The Kier molecular flexibility index (Phi) is 5.88. The largest absolute Gasteiger partial charge is 0.342 e. The van der Waals surface area contributed by atoms with Crippen molar-refractivity contribution in [2.45, 2.75) is 64.7 Å². The number of aromatic nitrogens is 2. The van der Waals surface area contributed by atoms with Crippen molar-refractivity contribution in [2.24, 2.45) is 5.41 Å². The predicted molar refractivity (Wildman–Crippen MR) is 108 cm³/mol. The van der Waals surface area contributed by atoms with Crippen LogP contribution >= 0.6 is 0 Å². The van der Waals surface area contributed by atoms with Gasteiger partial charge in [-0.05, 0) is 38.3 Å². The van der Waals surface area contributed by atoms with Crippen molar-refractivity contribution in [3.63, 3.8) is 0 Å². The van der Waals surface area contributed by atoms with Gasteiger partial charge in [0.25, 0.3) is 0 Å². The van der Waals surface area contributed by atoms with Crippen molar-refractivity contribution in [2.75, 3.05) is 25.0 Å². The second kappa shape index (κ2) is 8.03. The maximum Gasteiger partial charge on any atom is 0.246 e. The van der Waals surface area contributed by atoms with E-state index in [1.165, 1.54) is 0 Å². The van der Waals surface area contributed by atoms with E-state index >= 15 is 0 Å². The van der Waals surface area contributed by atoms with Gasteiger partial charge in [0.15, 0.2) is 0 Å². The van der Waals surface area contributed by atoms with Gasteiger partial charge in [0, 0.05) is 25.5 Å². The molecule has 2 saturated heterocycles. The van der Waals surface area contributed by atoms with Crippen LogP contribution in [0.3, 0.4) is 0 Å². The molecule has 8 heteroatoms. The Balaban J connectivity index is 1.75.